The summed E-state index contributed by atoms with van der Waals surface area (Å²) in [6, 6.07) is 5.28. The van der Waals surface area contributed by atoms with Crippen molar-refractivity contribution in [3.8, 4) is 5.82 Å². The minimum absolute atomic E-state index is 0.0688. The van der Waals surface area contributed by atoms with Gasteiger partial charge in [0, 0.05) is 25.5 Å². The van der Waals surface area contributed by atoms with E-state index in [9.17, 15) is 4.79 Å². The van der Waals surface area contributed by atoms with Crippen molar-refractivity contribution >= 4 is 5.91 Å². The summed E-state index contributed by atoms with van der Waals surface area (Å²) in [6.07, 6.45) is 3.37. The molecule has 1 amide bonds. The van der Waals surface area contributed by atoms with Gasteiger partial charge in [-0.2, -0.15) is 5.10 Å². The van der Waals surface area contributed by atoms with Crippen LogP contribution in [0.15, 0.2) is 30.6 Å². The lowest BCUT2D eigenvalue weighted by Crippen LogP contribution is -2.18. The zero-order chi connectivity index (χ0) is 13.1. The number of hydrogen-bond donors (Lipinski definition) is 2. The van der Waals surface area contributed by atoms with E-state index in [4.69, 9.17) is 5.73 Å². The first-order chi connectivity index (χ1) is 8.61. The van der Waals surface area contributed by atoms with Gasteiger partial charge in [0.05, 0.1) is 0 Å². The average molecular weight is 245 g/mol. The molecule has 0 aliphatic carbocycles. The summed E-state index contributed by atoms with van der Waals surface area (Å²) in [7, 11) is 1.57. The number of carbonyl (C=O) groups excluding carboxylic acids is 1. The van der Waals surface area contributed by atoms with Crippen LogP contribution >= 0.6 is 0 Å². The smallest absolute Gasteiger partial charge is 0.271 e. The first-order valence-corrected chi connectivity index (χ1v) is 5.61. The second-order valence-electron chi connectivity index (χ2n) is 3.96. The Bertz CT molecular complexity index is 561. The van der Waals surface area contributed by atoms with E-state index in [0.717, 1.165) is 5.56 Å². The van der Waals surface area contributed by atoms with Crippen LogP contribution in [0, 0.1) is 0 Å². The van der Waals surface area contributed by atoms with Crippen LogP contribution in [0.4, 0.5) is 0 Å². The Morgan fingerprint density at radius 3 is 2.94 bits per heavy atom. The molecule has 0 aliphatic heterocycles. The number of aromatic nitrogens is 3. The zero-order valence-electron chi connectivity index (χ0n) is 10.3. The van der Waals surface area contributed by atoms with Crippen LogP contribution in [-0.2, 0) is 0 Å². The fourth-order valence-electron chi connectivity index (χ4n) is 1.54. The summed E-state index contributed by atoms with van der Waals surface area (Å²) < 4.78 is 1.55. The second-order valence-corrected chi connectivity index (χ2v) is 3.96. The van der Waals surface area contributed by atoms with Crippen LogP contribution in [0.2, 0.25) is 0 Å². The van der Waals surface area contributed by atoms with Gasteiger partial charge in [-0.3, -0.25) is 4.79 Å². The van der Waals surface area contributed by atoms with E-state index >= 15 is 0 Å². The summed E-state index contributed by atoms with van der Waals surface area (Å²) in [5, 5.41) is 6.67. The number of pyridine rings is 1. The highest BCUT2D eigenvalue weighted by Gasteiger charge is 2.09. The molecule has 3 N–H and O–H groups in total. The highest BCUT2D eigenvalue weighted by Crippen LogP contribution is 2.12. The Labute approximate surface area is 105 Å². The molecule has 0 fully saturated rings. The maximum atomic E-state index is 11.4. The van der Waals surface area contributed by atoms with E-state index in [0.29, 0.717) is 11.5 Å². The Morgan fingerprint density at radius 2 is 2.28 bits per heavy atom. The van der Waals surface area contributed by atoms with Gasteiger partial charge >= 0.3 is 0 Å². The predicted molar refractivity (Wildman–Crippen MR) is 67.4 cm³/mol. The van der Waals surface area contributed by atoms with Crippen molar-refractivity contribution in [1.29, 1.82) is 0 Å². The van der Waals surface area contributed by atoms with Gasteiger partial charge < -0.3 is 11.1 Å². The molecular weight excluding hydrogens is 230 g/mol. The molecule has 0 bridgehead atoms. The summed E-state index contributed by atoms with van der Waals surface area (Å²) in [6.45, 7) is 1.90. The lowest BCUT2D eigenvalue weighted by molar-refractivity contribution is 0.0957. The zero-order valence-corrected chi connectivity index (χ0v) is 10.3. The van der Waals surface area contributed by atoms with Crippen molar-refractivity contribution in [2.24, 2.45) is 5.73 Å². The van der Waals surface area contributed by atoms with E-state index in [1.165, 1.54) is 0 Å². The lowest BCUT2D eigenvalue weighted by atomic mass is 10.1. The van der Waals surface area contributed by atoms with Gasteiger partial charge in [0.25, 0.3) is 5.91 Å². The van der Waals surface area contributed by atoms with Gasteiger partial charge in [0.15, 0.2) is 11.5 Å². The molecule has 0 saturated heterocycles. The third-order valence-electron chi connectivity index (χ3n) is 2.58. The van der Waals surface area contributed by atoms with Crippen LogP contribution in [0.25, 0.3) is 5.82 Å². The average Bonchev–Trinajstić information content (AvgIpc) is 2.87. The Kier molecular flexibility index (Phi) is 3.38. The van der Waals surface area contributed by atoms with Crippen LogP contribution in [0.5, 0.6) is 0 Å². The van der Waals surface area contributed by atoms with E-state index in [2.05, 4.69) is 15.4 Å². The highest BCUT2D eigenvalue weighted by molar-refractivity contribution is 5.91. The van der Waals surface area contributed by atoms with Gasteiger partial charge in [0.1, 0.15) is 0 Å². The summed E-state index contributed by atoms with van der Waals surface area (Å²) in [5.74, 6) is 0.414. The molecule has 0 radical (unpaired) electrons. The number of amides is 1. The number of nitrogens with zero attached hydrogens (tertiary/aromatic N) is 3. The maximum absolute atomic E-state index is 11.4. The topological polar surface area (TPSA) is 85.8 Å². The molecule has 0 aromatic carbocycles. The number of rotatable bonds is 3. The van der Waals surface area contributed by atoms with Gasteiger partial charge in [-0.15, -0.1) is 0 Å². The predicted octanol–water partition coefficient (Wildman–Crippen LogP) is 0.647. The molecule has 2 aromatic rings. The third kappa shape index (κ3) is 2.38. The monoisotopic (exact) mass is 245 g/mol. The van der Waals surface area contributed by atoms with Crippen molar-refractivity contribution in [2.75, 3.05) is 7.05 Å². The van der Waals surface area contributed by atoms with Crippen LogP contribution in [0.1, 0.15) is 29.0 Å². The number of carbonyl (C=O) groups is 1. The molecule has 0 aliphatic rings. The first-order valence-electron chi connectivity index (χ1n) is 5.61. The molecule has 1 atom stereocenters. The molecule has 0 unspecified atom stereocenters. The van der Waals surface area contributed by atoms with Crippen molar-refractivity contribution in [3.63, 3.8) is 0 Å². The van der Waals surface area contributed by atoms with Crippen molar-refractivity contribution in [3.05, 3.63) is 41.9 Å². The molecular formula is C12H15N5O. The SMILES string of the molecule is CNC(=O)c1ccn(-c2cc([C@H](C)N)ccn2)n1. The largest absolute Gasteiger partial charge is 0.354 e. The van der Waals surface area contributed by atoms with E-state index in [1.54, 1.807) is 30.2 Å². The van der Waals surface area contributed by atoms with Crippen LogP contribution in [-0.4, -0.2) is 27.7 Å². The molecule has 6 nitrogen and oxygen atoms in total. The molecule has 2 aromatic heterocycles. The normalized spacial score (nSPS) is 12.2. The Balaban J connectivity index is 2.34. The number of nitrogens with two attached hydrogens (primary N) is 1. The first kappa shape index (κ1) is 12.3. The molecule has 18 heavy (non-hydrogen) atoms. The van der Waals surface area contributed by atoms with Gasteiger partial charge in [-0.1, -0.05) is 0 Å². The van der Waals surface area contributed by atoms with Gasteiger partial charge in [-0.05, 0) is 30.7 Å². The fourth-order valence-corrected chi connectivity index (χ4v) is 1.54. The standard InChI is InChI=1S/C12H15N5O/c1-8(13)9-3-5-15-11(7-9)17-6-4-10(16-17)12(18)14-2/h3-8H,13H2,1-2H3,(H,14,18)/t8-/m0/s1. The molecule has 0 spiro atoms. The third-order valence-corrected chi connectivity index (χ3v) is 2.58. The van der Waals surface area contributed by atoms with Crippen LogP contribution < -0.4 is 11.1 Å². The van der Waals surface area contributed by atoms with Gasteiger partial charge in [-0.25, -0.2) is 9.67 Å². The molecule has 94 valence electrons. The number of hydrogen-bond acceptors (Lipinski definition) is 4. The van der Waals surface area contributed by atoms with Crippen molar-refractivity contribution in [2.45, 2.75) is 13.0 Å². The second kappa shape index (κ2) is 4.97. The Morgan fingerprint density at radius 1 is 1.50 bits per heavy atom. The van der Waals surface area contributed by atoms with Crippen LogP contribution in [0.3, 0.4) is 0 Å². The molecule has 2 heterocycles. The molecule has 6 heteroatoms. The molecule has 0 saturated carbocycles. The van der Waals surface area contributed by atoms with E-state index in [1.807, 2.05) is 19.1 Å². The quantitative estimate of drug-likeness (QED) is 0.831. The summed E-state index contributed by atoms with van der Waals surface area (Å²) >= 11 is 0. The van der Waals surface area contributed by atoms with Gasteiger partial charge in [0.2, 0.25) is 0 Å². The summed E-state index contributed by atoms with van der Waals surface area (Å²) in [5.41, 5.74) is 7.14. The maximum Gasteiger partial charge on any atom is 0.271 e. The highest BCUT2D eigenvalue weighted by atomic mass is 16.1. The van der Waals surface area contributed by atoms with Crippen molar-refractivity contribution in [1.82, 2.24) is 20.1 Å². The van der Waals surface area contributed by atoms with Crippen molar-refractivity contribution < 1.29 is 4.79 Å². The van der Waals surface area contributed by atoms with E-state index in [-0.39, 0.29) is 11.9 Å². The fraction of sp³-hybridized carbons (Fsp3) is 0.250. The van der Waals surface area contributed by atoms with E-state index < -0.39 is 0 Å². The molecule has 2 rings (SSSR count). The minimum atomic E-state index is -0.225. The lowest BCUT2D eigenvalue weighted by Gasteiger charge is -2.07. The number of nitrogens with one attached hydrogen (secondary N) is 1. The minimum Gasteiger partial charge on any atom is -0.354 e. The Hall–Kier alpha value is -2.21. The summed E-state index contributed by atoms with van der Waals surface area (Å²) in [4.78, 5) is 15.6.